The Morgan fingerprint density at radius 3 is 2.48 bits per heavy atom. The van der Waals surface area contributed by atoms with Crippen molar-refractivity contribution in [2.75, 3.05) is 14.2 Å². The number of benzene rings is 2. The number of halogens is 1. The van der Waals surface area contributed by atoms with Gasteiger partial charge in [0.05, 0.1) is 12.7 Å². The van der Waals surface area contributed by atoms with Crippen LogP contribution in [0, 0.1) is 6.92 Å². The predicted molar refractivity (Wildman–Crippen MR) is 87.7 cm³/mol. The van der Waals surface area contributed by atoms with Crippen molar-refractivity contribution in [2.24, 2.45) is 0 Å². The molecule has 0 aliphatic rings. The largest absolute Gasteiger partial charge is 0.496 e. The zero-order valence-electron chi connectivity index (χ0n) is 12.4. The Morgan fingerprint density at radius 2 is 1.86 bits per heavy atom. The Morgan fingerprint density at radius 1 is 1.19 bits per heavy atom. The van der Waals surface area contributed by atoms with Crippen molar-refractivity contribution in [1.82, 2.24) is 4.90 Å². The van der Waals surface area contributed by atoms with Gasteiger partial charge in [-0.25, -0.2) is 0 Å². The van der Waals surface area contributed by atoms with Gasteiger partial charge in [0.15, 0.2) is 0 Å². The summed E-state index contributed by atoms with van der Waals surface area (Å²) in [4.78, 5) is 14.3. The number of hydrogen-bond acceptors (Lipinski definition) is 2. The Hall–Kier alpha value is -1.81. The van der Waals surface area contributed by atoms with E-state index in [1.54, 1.807) is 19.1 Å². The summed E-state index contributed by atoms with van der Waals surface area (Å²) in [5.41, 5.74) is 2.72. The van der Waals surface area contributed by atoms with Gasteiger partial charge in [0.25, 0.3) is 5.91 Å². The molecule has 0 saturated heterocycles. The second-order valence-corrected chi connectivity index (χ2v) is 5.91. The average Bonchev–Trinajstić information content (AvgIpc) is 2.48. The highest BCUT2D eigenvalue weighted by atomic mass is 79.9. The summed E-state index contributed by atoms with van der Waals surface area (Å²) in [6, 6.07) is 13.6. The number of nitrogens with zero attached hydrogens (tertiary/aromatic N) is 1. The molecule has 0 radical (unpaired) electrons. The first kappa shape index (κ1) is 15.6. The summed E-state index contributed by atoms with van der Waals surface area (Å²) >= 11 is 3.41. The van der Waals surface area contributed by atoms with Crippen LogP contribution < -0.4 is 4.74 Å². The van der Waals surface area contributed by atoms with Crippen LogP contribution in [0.1, 0.15) is 21.5 Å². The van der Waals surface area contributed by atoms with Crippen molar-refractivity contribution in [3.8, 4) is 5.75 Å². The number of ether oxygens (including phenoxy) is 1. The molecule has 0 aromatic heterocycles. The Kier molecular flexibility index (Phi) is 5.02. The van der Waals surface area contributed by atoms with Crippen molar-refractivity contribution in [2.45, 2.75) is 13.5 Å². The number of amides is 1. The van der Waals surface area contributed by atoms with Gasteiger partial charge in [0.1, 0.15) is 5.75 Å². The van der Waals surface area contributed by atoms with E-state index in [2.05, 4.69) is 15.9 Å². The normalized spacial score (nSPS) is 10.3. The van der Waals surface area contributed by atoms with Crippen molar-refractivity contribution >= 4 is 21.8 Å². The second kappa shape index (κ2) is 6.76. The van der Waals surface area contributed by atoms with Gasteiger partial charge in [-0.05, 0) is 36.8 Å². The third-order valence-electron chi connectivity index (χ3n) is 3.27. The topological polar surface area (TPSA) is 29.5 Å². The highest BCUT2D eigenvalue weighted by Gasteiger charge is 2.17. The molecule has 2 aromatic carbocycles. The van der Waals surface area contributed by atoms with Gasteiger partial charge in [-0.3, -0.25) is 4.79 Å². The maximum Gasteiger partial charge on any atom is 0.257 e. The van der Waals surface area contributed by atoms with Crippen LogP contribution in [-0.4, -0.2) is 25.0 Å². The molecule has 0 fully saturated rings. The first-order valence-electron chi connectivity index (χ1n) is 6.66. The van der Waals surface area contributed by atoms with Gasteiger partial charge in [-0.1, -0.05) is 39.7 Å². The molecule has 3 nitrogen and oxygen atoms in total. The summed E-state index contributed by atoms with van der Waals surface area (Å²) in [6.07, 6.45) is 0. The molecule has 2 rings (SSSR count). The maximum absolute atomic E-state index is 12.6. The number of carbonyl (C=O) groups is 1. The molecule has 21 heavy (non-hydrogen) atoms. The zero-order chi connectivity index (χ0) is 15.4. The molecule has 1 amide bonds. The number of rotatable bonds is 4. The zero-order valence-corrected chi connectivity index (χ0v) is 14.0. The quantitative estimate of drug-likeness (QED) is 0.835. The van der Waals surface area contributed by atoms with E-state index < -0.39 is 0 Å². The van der Waals surface area contributed by atoms with E-state index in [1.807, 2.05) is 49.4 Å². The van der Waals surface area contributed by atoms with Crippen molar-refractivity contribution in [3.63, 3.8) is 0 Å². The lowest BCUT2D eigenvalue weighted by Gasteiger charge is -2.19. The van der Waals surface area contributed by atoms with E-state index in [0.717, 1.165) is 15.6 Å². The highest BCUT2D eigenvalue weighted by Crippen LogP contribution is 2.22. The summed E-state index contributed by atoms with van der Waals surface area (Å²) < 4.78 is 6.31. The highest BCUT2D eigenvalue weighted by molar-refractivity contribution is 9.10. The fraction of sp³-hybridized carbons (Fsp3) is 0.235. The number of aryl methyl sites for hydroxylation is 1. The van der Waals surface area contributed by atoms with Gasteiger partial charge in [-0.2, -0.15) is 0 Å². The second-order valence-electron chi connectivity index (χ2n) is 4.99. The van der Waals surface area contributed by atoms with Gasteiger partial charge >= 0.3 is 0 Å². The molecule has 2 aromatic rings. The van der Waals surface area contributed by atoms with Gasteiger partial charge in [0, 0.05) is 18.1 Å². The molecular formula is C17H18BrNO2. The Balaban J connectivity index is 2.19. The van der Waals surface area contributed by atoms with Crippen LogP contribution in [0.25, 0.3) is 0 Å². The van der Waals surface area contributed by atoms with E-state index in [4.69, 9.17) is 4.74 Å². The molecule has 0 aliphatic carbocycles. The van der Waals surface area contributed by atoms with Crippen LogP contribution in [0.4, 0.5) is 0 Å². The van der Waals surface area contributed by atoms with Crippen LogP contribution in [0.2, 0.25) is 0 Å². The minimum atomic E-state index is -0.0431. The minimum absolute atomic E-state index is 0.0431. The number of carbonyl (C=O) groups excluding carboxylic acids is 1. The number of hydrogen-bond donors (Lipinski definition) is 0. The summed E-state index contributed by atoms with van der Waals surface area (Å²) in [7, 11) is 3.38. The van der Waals surface area contributed by atoms with Gasteiger partial charge < -0.3 is 9.64 Å². The van der Waals surface area contributed by atoms with Crippen LogP contribution in [0.3, 0.4) is 0 Å². The van der Waals surface area contributed by atoms with Crippen molar-refractivity contribution in [1.29, 1.82) is 0 Å². The molecule has 0 aliphatic heterocycles. The van der Waals surface area contributed by atoms with E-state index in [0.29, 0.717) is 17.9 Å². The third-order valence-corrected chi connectivity index (χ3v) is 3.79. The summed E-state index contributed by atoms with van der Waals surface area (Å²) in [6.45, 7) is 2.52. The lowest BCUT2D eigenvalue weighted by atomic mass is 10.1. The van der Waals surface area contributed by atoms with E-state index in [9.17, 15) is 4.79 Å². The summed E-state index contributed by atoms with van der Waals surface area (Å²) in [5.74, 6) is 0.562. The first-order valence-corrected chi connectivity index (χ1v) is 7.45. The third kappa shape index (κ3) is 3.85. The average molecular weight is 348 g/mol. The van der Waals surface area contributed by atoms with Crippen LogP contribution in [0.15, 0.2) is 46.9 Å². The lowest BCUT2D eigenvalue weighted by molar-refractivity contribution is 0.0781. The molecule has 0 heterocycles. The molecule has 0 N–H and O–H groups in total. The van der Waals surface area contributed by atoms with Crippen LogP contribution >= 0.6 is 15.9 Å². The maximum atomic E-state index is 12.6. The molecular weight excluding hydrogens is 330 g/mol. The van der Waals surface area contributed by atoms with Crippen molar-refractivity contribution < 1.29 is 9.53 Å². The van der Waals surface area contributed by atoms with E-state index >= 15 is 0 Å². The van der Waals surface area contributed by atoms with Crippen LogP contribution in [0.5, 0.6) is 5.75 Å². The fourth-order valence-corrected chi connectivity index (χ4v) is 2.39. The number of methoxy groups -OCH3 is 1. The molecule has 0 bridgehead atoms. The predicted octanol–water partition coefficient (Wildman–Crippen LogP) is 4.04. The SMILES string of the molecule is COc1ccc(C)cc1C(=O)N(C)Cc1ccc(Br)cc1. The Labute approximate surface area is 133 Å². The van der Waals surface area contributed by atoms with Crippen molar-refractivity contribution in [3.05, 3.63) is 63.6 Å². The monoisotopic (exact) mass is 347 g/mol. The molecule has 0 atom stereocenters. The smallest absolute Gasteiger partial charge is 0.257 e. The van der Waals surface area contributed by atoms with E-state index in [-0.39, 0.29) is 5.91 Å². The Bertz CT molecular complexity index is 638. The molecule has 4 heteroatoms. The lowest BCUT2D eigenvalue weighted by Crippen LogP contribution is -2.26. The van der Waals surface area contributed by atoms with Crippen LogP contribution in [-0.2, 0) is 6.54 Å². The first-order chi connectivity index (χ1) is 10.0. The molecule has 0 spiro atoms. The molecule has 110 valence electrons. The fourth-order valence-electron chi connectivity index (χ4n) is 2.13. The van der Waals surface area contributed by atoms with Gasteiger partial charge in [-0.15, -0.1) is 0 Å². The summed E-state index contributed by atoms with van der Waals surface area (Å²) in [5, 5.41) is 0. The standard InChI is InChI=1S/C17H18BrNO2/c1-12-4-9-16(21-3)15(10-12)17(20)19(2)11-13-5-7-14(18)8-6-13/h4-10H,11H2,1-3H3. The molecule has 0 saturated carbocycles. The van der Waals surface area contributed by atoms with E-state index in [1.165, 1.54) is 0 Å². The minimum Gasteiger partial charge on any atom is -0.496 e. The van der Waals surface area contributed by atoms with Gasteiger partial charge in [0.2, 0.25) is 0 Å². The molecule has 0 unspecified atom stereocenters.